The van der Waals surface area contributed by atoms with Gasteiger partial charge in [-0.15, -0.1) is 0 Å². The molecule has 0 saturated heterocycles. The monoisotopic (exact) mass is 246 g/mol. The number of H-pyrrole nitrogens is 1. The Bertz CT molecular complexity index is 494. The first-order valence-corrected chi connectivity index (χ1v) is 5.94. The van der Waals surface area contributed by atoms with Gasteiger partial charge in [0.1, 0.15) is 5.75 Å². The summed E-state index contributed by atoms with van der Waals surface area (Å²) < 4.78 is 5.64. The fourth-order valence-corrected chi connectivity index (χ4v) is 1.63. The number of aromatic nitrogens is 2. The molecular weight excluding hydrogens is 228 g/mol. The molecule has 0 aliphatic carbocycles. The largest absolute Gasteiger partial charge is 0.489 e. The number of ether oxygens (including phenoxy) is 1. The van der Waals surface area contributed by atoms with Crippen LogP contribution in [0.3, 0.4) is 0 Å². The Balaban J connectivity index is 2.08. The summed E-state index contributed by atoms with van der Waals surface area (Å²) in [6.45, 7) is 4.60. The van der Waals surface area contributed by atoms with E-state index in [0.29, 0.717) is 18.0 Å². The maximum absolute atomic E-state index is 6.06. The van der Waals surface area contributed by atoms with E-state index in [1.165, 1.54) is 0 Å². The number of nitrogens with two attached hydrogens (primary N) is 1. The average molecular weight is 246 g/mol. The van der Waals surface area contributed by atoms with Crippen molar-refractivity contribution in [2.24, 2.45) is 0 Å². The number of anilines is 2. The van der Waals surface area contributed by atoms with Crippen LogP contribution < -0.4 is 15.8 Å². The predicted octanol–water partition coefficient (Wildman–Crippen LogP) is 2.39. The zero-order valence-electron chi connectivity index (χ0n) is 10.6. The van der Waals surface area contributed by atoms with Crippen molar-refractivity contribution >= 4 is 11.4 Å². The fraction of sp³-hybridized carbons (Fsp3) is 0.308. The van der Waals surface area contributed by atoms with Gasteiger partial charge in [0.2, 0.25) is 0 Å². The molecule has 0 atom stereocenters. The second-order valence-corrected chi connectivity index (χ2v) is 4.32. The van der Waals surface area contributed by atoms with E-state index in [4.69, 9.17) is 10.5 Å². The highest BCUT2D eigenvalue weighted by molar-refractivity contribution is 5.72. The number of para-hydroxylation sites is 1. The van der Waals surface area contributed by atoms with Gasteiger partial charge in [0.05, 0.1) is 29.7 Å². The van der Waals surface area contributed by atoms with Gasteiger partial charge in [0.15, 0.2) is 0 Å². The number of benzene rings is 1. The number of nitrogens with zero attached hydrogens (tertiary/aromatic N) is 1. The lowest BCUT2D eigenvalue weighted by Crippen LogP contribution is -2.09. The number of hydrogen-bond acceptors (Lipinski definition) is 4. The molecule has 0 bridgehead atoms. The maximum atomic E-state index is 6.06. The third-order valence-electron chi connectivity index (χ3n) is 2.46. The van der Waals surface area contributed by atoms with Crippen LogP contribution in [0.15, 0.2) is 30.5 Å². The Hall–Kier alpha value is -2.17. The SMILES string of the molecule is CC(C)Oc1cccc(NCc2ccn[nH]2)c1N. The Morgan fingerprint density at radius 1 is 1.39 bits per heavy atom. The van der Waals surface area contributed by atoms with Crippen molar-refractivity contribution in [2.45, 2.75) is 26.5 Å². The van der Waals surface area contributed by atoms with E-state index in [9.17, 15) is 0 Å². The summed E-state index contributed by atoms with van der Waals surface area (Å²) in [5, 5.41) is 10.0. The van der Waals surface area contributed by atoms with Crippen LogP contribution in [-0.2, 0) is 6.54 Å². The normalized spacial score (nSPS) is 10.6. The van der Waals surface area contributed by atoms with Crippen LogP contribution in [0.25, 0.3) is 0 Å². The third-order valence-corrected chi connectivity index (χ3v) is 2.46. The molecule has 18 heavy (non-hydrogen) atoms. The van der Waals surface area contributed by atoms with E-state index in [1.807, 2.05) is 38.1 Å². The summed E-state index contributed by atoms with van der Waals surface area (Å²) in [6, 6.07) is 7.64. The summed E-state index contributed by atoms with van der Waals surface area (Å²) in [6.07, 6.45) is 1.83. The van der Waals surface area contributed by atoms with Crippen molar-refractivity contribution in [3.63, 3.8) is 0 Å². The van der Waals surface area contributed by atoms with E-state index < -0.39 is 0 Å². The molecule has 0 radical (unpaired) electrons. The summed E-state index contributed by atoms with van der Waals surface area (Å²) in [5.41, 5.74) is 8.56. The lowest BCUT2D eigenvalue weighted by Gasteiger charge is -2.15. The van der Waals surface area contributed by atoms with Crippen molar-refractivity contribution in [3.8, 4) is 5.75 Å². The molecule has 0 amide bonds. The molecule has 1 aromatic heterocycles. The highest BCUT2D eigenvalue weighted by atomic mass is 16.5. The van der Waals surface area contributed by atoms with Gasteiger partial charge in [0, 0.05) is 6.20 Å². The van der Waals surface area contributed by atoms with Crippen molar-refractivity contribution in [2.75, 3.05) is 11.1 Å². The highest BCUT2D eigenvalue weighted by Gasteiger charge is 2.07. The van der Waals surface area contributed by atoms with Crippen LogP contribution in [-0.4, -0.2) is 16.3 Å². The summed E-state index contributed by atoms with van der Waals surface area (Å²) in [4.78, 5) is 0. The van der Waals surface area contributed by atoms with Gasteiger partial charge in [-0.1, -0.05) is 6.07 Å². The molecule has 5 nitrogen and oxygen atoms in total. The lowest BCUT2D eigenvalue weighted by molar-refractivity contribution is 0.244. The number of nitrogens with one attached hydrogen (secondary N) is 2. The number of rotatable bonds is 5. The first-order valence-electron chi connectivity index (χ1n) is 5.94. The van der Waals surface area contributed by atoms with Gasteiger partial charge in [0.25, 0.3) is 0 Å². The van der Waals surface area contributed by atoms with Gasteiger partial charge >= 0.3 is 0 Å². The van der Waals surface area contributed by atoms with Crippen LogP contribution in [0, 0.1) is 0 Å². The Kier molecular flexibility index (Phi) is 3.72. The smallest absolute Gasteiger partial charge is 0.144 e. The van der Waals surface area contributed by atoms with Crippen molar-refractivity contribution < 1.29 is 4.74 Å². The van der Waals surface area contributed by atoms with Crippen molar-refractivity contribution in [1.82, 2.24) is 10.2 Å². The minimum Gasteiger partial charge on any atom is -0.489 e. The molecule has 0 aliphatic heterocycles. The Morgan fingerprint density at radius 3 is 2.89 bits per heavy atom. The lowest BCUT2D eigenvalue weighted by atomic mass is 10.2. The first-order chi connectivity index (χ1) is 8.66. The number of nitrogen functional groups attached to an aromatic ring is 1. The molecule has 0 aliphatic rings. The van der Waals surface area contributed by atoms with E-state index >= 15 is 0 Å². The van der Waals surface area contributed by atoms with Gasteiger partial charge < -0.3 is 15.8 Å². The average Bonchev–Trinajstić information content (AvgIpc) is 2.83. The third kappa shape index (κ3) is 2.94. The maximum Gasteiger partial charge on any atom is 0.144 e. The molecule has 0 unspecified atom stereocenters. The second-order valence-electron chi connectivity index (χ2n) is 4.32. The molecule has 0 fully saturated rings. The number of hydrogen-bond donors (Lipinski definition) is 3. The molecule has 2 aromatic rings. The number of aromatic amines is 1. The Morgan fingerprint density at radius 2 is 2.22 bits per heavy atom. The predicted molar refractivity (Wildman–Crippen MR) is 72.5 cm³/mol. The molecule has 96 valence electrons. The molecule has 5 heteroatoms. The molecule has 4 N–H and O–H groups in total. The van der Waals surface area contributed by atoms with Crippen LogP contribution >= 0.6 is 0 Å². The van der Waals surface area contributed by atoms with Crippen LogP contribution in [0.1, 0.15) is 19.5 Å². The summed E-state index contributed by atoms with van der Waals surface area (Å²) in [5.74, 6) is 0.708. The molecule has 2 rings (SSSR count). The minimum atomic E-state index is 0.107. The van der Waals surface area contributed by atoms with Gasteiger partial charge in [-0.25, -0.2) is 0 Å². The zero-order valence-corrected chi connectivity index (χ0v) is 10.6. The van der Waals surface area contributed by atoms with Gasteiger partial charge in [-0.3, -0.25) is 5.10 Å². The molecule has 0 spiro atoms. The fourth-order valence-electron chi connectivity index (χ4n) is 1.63. The molecule has 1 heterocycles. The summed E-state index contributed by atoms with van der Waals surface area (Å²) in [7, 11) is 0. The molecule has 0 saturated carbocycles. The Labute approximate surface area is 106 Å². The zero-order chi connectivity index (χ0) is 13.0. The van der Waals surface area contributed by atoms with Gasteiger partial charge in [-0.2, -0.15) is 5.10 Å². The van der Waals surface area contributed by atoms with E-state index in [-0.39, 0.29) is 6.10 Å². The van der Waals surface area contributed by atoms with Crippen LogP contribution in [0.4, 0.5) is 11.4 Å². The van der Waals surface area contributed by atoms with E-state index in [2.05, 4.69) is 15.5 Å². The molecule has 1 aromatic carbocycles. The minimum absolute atomic E-state index is 0.107. The van der Waals surface area contributed by atoms with Crippen LogP contribution in [0.2, 0.25) is 0 Å². The summed E-state index contributed by atoms with van der Waals surface area (Å²) >= 11 is 0. The molecular formula is C13H18N4O. The highest BCUT2D eigenvalue weighted by Crippen LogP contribution is 2.30. The van der Waals surface area contributed by atoms with Crippen LogP contribution in [0.5, 0.6) is 5.75 Å². The van der Waals surface area contributed by atoms with Gasteiger partial charge in [-0.05, 0) is 32.0 Å². The second kappa shape index (κ2) is 5.44. The standard InChI is InChI=1S/C13H18N4O/c1-9(2)18-12-5-3-4-11(13(12)14)15-8-10-6-7-16-17-10/h3-7,9,15H,8,14H2,1-2H3,(H,16,17). The van der Waals surface area contributed by atoms with Crippen molar-refractivity contribution in [3.05, 3.63) is 36.2 Å². The van der Waals surface area contributed by atoms with E-state index in [0.717, 1.165) is 11.4 Å². The first kappa shape index (κ1) is 12.3. The van der Waals surface area contributed by atoms with Crippen molar-refractivity contribution in [1.29, 1.82) is 0 Å². The topological polar surface area (TPSA) is 76.0 Å². The quantitative estimate of drug-likeness (QED) is 0.708. The van der Waals surface area contributed by atoms with E-state index in [1.54, 1.807) is 6.20 Å².